The number of nitrogens with one attached hydrogen (secondary N) is 1. The largest absolute Gasteiger partial charge is 0.345 e. The van der Waals surface area contributed by atoms with Crippen molar-refractivity contribution in [2.24, 2.45) is 0 Å². The Bertz CT molecular complexity index is 746. The van der Waals surface area contributed by atoms with E-state index in [0.29, 0.717) is 16.7 Å². The van der Waals surface area contributed by atoms with Crippen LogP contribution in [-0.2, 0) is 0 Å². The molecule has 20 heavy (non-hydrogen) atoms. The van der Waals surface area contributed by atoms with Crippen LogP contribution < -0.4 is 5.32 Å². The molecule has 3 rings (SSSR count). The van der Waals surface area contributed by atoms with E-state index in [1.807, 2.05) is 30.5 Å². The Hall–Kier alpha value is -2.21. The van der Waals surface area contributed by atoms with E-state index in [2.05, 4.69) is 33.9 Å². The van der Waals surface area contributed by atoms with E-state index in [1.165, 1.54) is 11.3 Å². The van der Waals surface area contributed by atoms with Gasteiger partial charge in [0.15, 0.2) is 0 Å². The zero-order valence-electron chi connectivity index (χ0n) is 11.2. The second-order valence-electron chi connectivity index (χ2n) is 4.75. The highest BCUT2D eigenvalue weighted by Gasteiger charge is 2.14. The fraction of sp³-hybridized carbons (Fsp3) is 0.214. The van der Waals surface area contributed by atoms with Crippen LogP contribution in [0.5, 0.6) is 0 Å². The Balaban J connectivity index is 2.01. The van der Waals surface area contributed by atoms with Crippen molar-refractivity contribution < 1.29 is 4.79 Å². The van der Waals surface area contributed by atoms with E-state index in [-0.39, 0.29) is 5.91 Å². The number of amides is 1. The molecule has 0 fully saturated rings. The zero-order valence-corrected chi connectivity index (χ0v) is 12.0. The van der Waals surface area contributed by atoms with Gasteiger partial charge in [-0.15, -0.1) is 10.2 Å². The molecule has 6 heteroatoms. The maximum atomic E-state index is 12.3. The molecule has 1 aromatic carbocycles. The summed E-state index contributed by atoms with van der Waals surface area (Å²) < 4.78 is 2.15. The van der Waals surface area contributed by atoms with Crippen LogP contribution >= 0.6 is 11.3 Å². The van der Waals surface area contributed by atoms with Crippen molar-refractivity contribution in [2.75, 3.05) is 5.32 Å². The first kappa shape index (κ1) is 12.8. The van der Waals surface area contributed by atoms with Crippen molar-refractivity contribution in [1.29, 1.82) is 0 Å². The summed E-state index contributed by atoms with van der Waals surface area (Å²) in [5.41, 5.74) is 3.30. The number of carbonyl (C=O) groups is 1. The van der Waals surface area contributed by atoms with Crippen LogP contribution in [0.3, 0.4) is 0 Å². The molecule has 102 valence electrons. The first-order chi connectivity index (χ1) is 9.66. The van der Waals surface area contributed by atoms with E-state index in [0.717, 1.165) is 10.9 Å². The van der Waals surface area contributed by atoms with Gasteiger partial charge < -0.3 is 4.57 Å². The second kappa shape index (κ2) is 5.05. The van der Waals surface area contributed by atoms with Gasteiger partial charge in [-0.2, -0.15) is 0 Å². The molecule has 0 aliphatic heterocycles. The summed E-state index contributed by atoms with van der Waals surface area (Å²) in [4.78, 5) is 12.3. The van der Waals surface area contributed by atoms with Crippen LogP contribution in [0.4, 0.5) is 5.13 Å². The predicted molar refractivity (Wildman–Crippen MR) is 80.2 cm³/mol. The van der Waals surface area contributed by atoms with Gasteiger partial charge in [-0.25, -0.2) is 0 Å². The van der Waals surface area contributed by atoms with Crippen molar-refractivity contribution in [3.8, 4) is 0 Å². The standard InChI is InChI=1S/C14H14N4OS/c1-9(2)18-7-6-10-11(4-3-5-12(10)18)13(19)16-14-17-15-8-20-14/h3-9H,1-2H3,(H,16,17,19). The van der Waals surface area contributed by atoms with Crippen LogP contribution in [-0.4, -0.2) is 20.7 Å². The fourth-order valence-electron chi connectivity index (χ4n) is 2.23. The SMILES string of the molecule is CC(C)n1ccc2c(C(=O)Nc3nncs3)cccc21. The van der Waals surface area contributed by atoms with Crippen LogP contribution in [0.25, 0.3) is 10.9 Å². The maximum absolute atomic E-state index is 12.3. The van der Waals surface area contributed by atoms with E-state index in [1.54, 1.807) is 5.51 Å². The summed E-state index contributed by atoms with van der Waals surface area (Å²) in [7, 11) is 0. The van der Waals surface area contributed by atoms with Crippen molar-refractivity contribution in [3.63, 3.8) is 0 Å². The number of carbonyl (C=O) groups excluding carboxylic acids is 1. The lowest BCUT2D eigenvalue weighted by atomic mass is 10.1. The first-order valence-electron chi connectivity index (χ1n) is 6.34. The highest BCUT2D eigenvalue weighted by atomic mass is 32.1. The smallest absolute Gasteiger partial charge is 0.258 e. The van der Waals surface area contributed by atoms with Gasteiger partial charge in [0, 0.05) is 28.7 Å². The number of rotatable bonds is 3. The van der Waals surface area contributed by atoms with Gasteiger partial charge in [-0.05, 0) is 32.0 Å². The Kier molecular flexibility index (Phi) is 3.23. The van der Waals surface area contributed by atoms with Crippen LogP contribution in [0.2, 0.25) is 0 Å². The number of hydrogen-bond donors (Lipinski definition) is 1. The minimum atomic E-state index is -0.158. The molecule has 0 aliphatic carbocycles. The van der Waals surface area contributed by atoms with Crippen molar-refractivity contribution in [2.45, 2.75) is 19.9 Å². The molecule has 2 aromatic heterocycles. The molecular weight excluding hydrogens is 272 g/mol. The van der Waals surface area contributed by atoms with Crippen LogP contribution in [0.1, 0.15) is 30.2 Å². The predicted octanol–water partition coefficient (Wildman–Crippen LogP) is 3.33. The van der Waals surface area contributed by atoms with Gasteiger partial charge >= 0.3 is 0 Å². The van der Waals surface area contributed by atoms with Crippen molar-refractivity contribution >= 4 is 33.3 Å². The summed E-state index contributed by atoms with van der Waals surface area (Å²) in [6.07, 6.45) is 2.01. The number of aromatic nitrogens is 3. The monoisotopic (exact) mass is 286 g/mol. The molecule has 3 aromatic rings. The lowest BCUT2D eigenvalue weighted by Gasteiger charge is -2.10. The van der Waals surface area contributed by atoms with E-state index >= 15 is 0 Å². The summed E-state index contributed by atoms with van der Waals surface area (Å²) in [5, 5.41) is 11.8. The molecule has 0 atom stereocenters. The third-order valence-corrected chi connectivity index (χ3v) is 3.75. The van der Waals surface area contributed by atoms with Crippen LogP contribution in [0, 0.1) is 0 Å². The highest BCUT2D eigenvalue weighted by molar-refractivity contribution is 7.13. The van der Waals surface area contributed by atoms with E-state index in [4.69, 9.17) is 0 Å². The molecule has 1 N–H and O–H groups in total. The fourth-order valence-corrected chi connectivity index (χ4v) is 2.67. The van der Waals surface area contributed by atoms with Gasteiger partial charge in [0.2, 0.25) is 5.13 Å². The quantitative estimate of drug-likeness (QED) is 0.803. The molecule has 0 aliphatic rings. The number of fused-ring (bicyclic) bond motifs is 1. The van der Waals surface area contributed by atoms with E-state index < -0.39 is 0 Å². The summed E-state index contributed by atoms with van der Waals surface area (Å²) in [6.45, 7) is 4.24. The third kappa shape index (κ3) is 2.18. The van der Waals surface area contributed by atoms with Gasteiger partial charge in [-0.1, -0.05) is 17.4 Å². The molecule has 0 bridgehead atoms. The molecule has 5 nitrogen and oxygen atoms in total. The molecule has 0 radical (unpaired) electrons. The lowest BCUT2D eigenvalue weighted by molar-refractivity contribution is 0.102. The maximum Gasteiger partial charge on any atom is 0.258 e. The van der Waals surface area contributed by atoms with E-state index in [9.17, 15) is 4.79 Å². The first-order valence-corrected chi connectivity index (χ1v) is 7.22. The number of anilines is 1. The summed E-state index contributed by atoms with van der Waals surface area (Å²) >= 11 is 1.30. The van der Waals surface area contributed by atoms with Gasteiger partial charge in [0.05, 0.1) is 0 Å². The molecule has 1 amide bonds. The normalized spacial score (nSPS) is 11.2. The molecular formula is C14H14N4OS. The number of benzene rings is 1. The third-order valence-electron chi connectivity index (χ3n) is 3.14. The Morgan fingerprint density at radius 1 is 1.35 bits per heavy atom. The molecule has 2 heterocycles. The molecule has 0 saturated heterocycles. The minimum absolute atomic E-state index is 0.158. The zero-order chi connectivity index (χ0) is 14.1. The topological polar surface area (TPSA) is 59.8 Å². The van der Waals surface area contributed by atoms with Crippen molar-refractivity contribution in [3.05, 3.63) is 41.5 Å². The Morgan fingerprint density at radius 3 is 2.90 bits per heavy atom. The van der Waals surface area contributed by atoms with Crippen molar-refractivity contribution in [1.82, 2.24) is 14.8 Å². The summed E-state index contributed by atoms with van der Waals surface area (Å²) in [6, 6.07) is 8.08. The van der Waals surface area contributed by atoms with Gasteiger partial charge in [0.25, 0.3) is 5.91 Å². The number of hydrogen-bond acceptors (Lipinski definition) is 4. The average molecular weight is 286 g/mol. The molecule has 0 unspecified atom stereocenters. The summed E-state index contributed by atoms with van der Waals surface area (Å²) in [5.74, 6) is -0.158. The minimum Gasteiger partial charge on any atom is -0.345 e. The molecule has 0 saturated carbocycles. The number of nitrogens with zero attached hydrogens (tertiary/aromatic N) is 3. The molecule has 0 spiro atoms. The lowest BCUT2D eigenvalue weighted by Crippen LogP contribution is -2.12. The Morgan fingerprint density at radius 2 is 2.20 bits per heavy atom. The Labute approximate surface area is 120 Å². The van der Waals surface area contributed by atoms with Gasteiger partial charge in [0.1, 0.15) is 5.51 Å². The van der Waals surface area contributed by atoms with Crippen LogP contribution in [0.15, 0.2) is 36.0 Å². The average Bonchev–Trinajstić information content (AvgIpc) is 3.06. The van der Waals surface area contributed by atoms with Gasteiger partial charge in [-0.3, -0.25) is 10.1 Å². The second-order valence-corrected chi connectivity index (χ2v) is 5.59. The highest BCUT2D eigenvalue weighted by Crippen LogP contribution is 2.24.